The van der Waals surface area contributed by atoms with Crippen molar-refractivity contribution in [2.45, 2.75) is 31.8 Å². The van der Waals surface area contributed by atoms with Crippen LogP contribution in [0, 0.1) is 6.92 Å². The predicted octanol–water partition coefficient (Wildman–Crippen LogP) is 3.59. The number of piperidine rings is 1. The van der Waals surface area contributed by atoms with Gasteiger partial charge in [-0.3, -0.25) is 9.69 Å². The Hall–Kier alpha value is -1.85. The van der Waals surface area contributed by atoms with Crippen LogP contribution in [0.3, 0.4) is 0 Å². The number of aryl methyl sites for hydroxylation is 1. The van der Waals surface area contributed by atoms with E-state index < -0.39 is 5.54 Å². The van der Waals surface area contributed by atoms with Crippen LogP contribution < -0.4 is 5.32 Å². The number of hydrogen-bond acceptors (Lipinski definition) is 4. The van der Waals surface area contributed by atoms with Crippen LogP contribution in [0.25, 0.3) is 0 Å². The maximum Gasteiger partial charge on any atom is 0.247 e. The van der Waals surface area contributed by atoms with Gasteiger partial charge in [-0.05, 0) is 48.9 Å². The zero-order valence-corrected chi connectivity index (χ0v) is 16.1. The number of benzene rings is 1. The van der Waals surface area contributed by atoms with E-state index in [4.69, 9.17) is 0 Å². The zero-order chi connectivity index (χ0) is 17.9. The van der Waals surface area contributed by atoms with Gasteiger partial charge >= 0.3 is 0 Å². The van der Waals surface area contributed by atoms with Gasteiger partial charge < -0.3 is 10.2 Å². The molecule has 1 aliphatic rings. The average molecular weight is 358 g/mol. The first kappa shape index (κ1) is 18.0. The Morgan fingerprint density at radius 2 is 1.88 bits per heavy atom. The molecule has 0 bridgehead atoms. The van der Waals surface area contributed by atoms with E-state index in [9.17, 15) is 4.79 Å². The van der Waals surface area contributed by atoms with E-state index in [0.717, 1.165) is 38.2 Å². The van der Waals surface area contributed by atoms with Gasteiger partial charge in [-0.15, -0.1) is 11.3 Å². The van der Waals surface area contributed by atoms with E-state index >= 15 is 0 Å². The van der Waals surface area contributed by atoms with E-state index in [1.807, 2.05) is 55.8 Å². The highest BCUT2D eigenvalue weighted by molar-refractivity contribution is 7.10. The second-order valence-corrected chi connectivity index (χ2v) is 8.08. The molecule has 1 fully saturated rings. The van der Waals surface area contributed by atoms with Crippen LogP contribution in [0.2, 0.25) is 0 Å². The van der Waals surface area contributed by atoms with Gasteiger partial charge in [-0.1, -0.05) is 18.2 Å². The molecule has 4 nitrogen and oxygen atoms in total. The molecular weight excluding hydrogens is 330 g/mol. The minimum absolute atomic E-state index is 0.170. The number of nitrogens with zero attached hydrogens (tertiary/aromatic N) is 2. The number of amides is 1. The number of para-hydroxylation sites is 1. The first-order chi connectivity index (χ1) is 12.0. The van der Waals surface area contributed by atoms with Crippen LogP contribution >= 0.6 is 11.3 Å². The molecule has 2 aromatic rings. The van der Waals surface area contributed by atoms with Crippen molar-refractivity contribution in [3.05, 3.63) is 52.2 Å². The summed E-state index contributed by atoms with van der Waals surface area (Å²) in [5.41, 5.74) is 1.88. The summed E-state index contributed by atoms with van der Waals surface area (Å²) in [5, 5.41) is 5.71. The van der Waals surface area contributed by atoms with Crippen LogP contribution in [0.1, 0.15) is 23.3 Å². The van der Waals surface area contributed by atoms with Crippen LogP contribution in [-0.4, -0.2) is 48.4 Å². The van der Waals surface area contributed by atoms with E-state index in [0.29, 0.717) is 0 Å². The summed E-state index contributed by atoms with van der Waals surface area (Å²) in [6, 6.07) is 12.3. The lowest BCUT2D eigenvalue weighted by molar-refractivity contribution is -0.135. The molecule has 0 atom stereocenters. The number of likely N-dealkylation sites (tertiary alicyclic amines) is 1. The lowest BCUT2D eigenvalue weighted by atomic mass is 9.85. The van der Waals surface area contributed by atoms with Gasteiger partial charge in [0.2, 0.25) is 5.91 Å². The van der Waals surface area contributed by atoms with Crippen LogP contribution in [-0.2, 0) is 11.3 Å². The smallest absolute Gasteiger partial charge is 0.247 e. The van der Waals surface area contributed by atoms with Gasteiger partial charge in [0.15, 0.2) is 0 Å². The van der Waals surface area contributed by atoms with Crippen LogP contribution in [0.5, 0.6) is 0 Å². The molecule has 2 heterocycles. The number of anilines is 1. The van der Waals surface area contributed by atoms with Crippen LogP contribution in [0.4, 0.5) is 5.69 Å². The van der Waals surface area contributed by atoms with Crippen molar-refractivity contribution < 1.29 is 4.79 Å². The molecule has 0 radical (unpaired) electrons. The molecule has 0 spiro atoms. The van der Waals surface area contributed by atoms with Crippen molar-refractivity contribution in [2.75, 3.05) is 32.5 Å². The Balaban J connectivity index is 1.72. The maximum atomic E-state index is 12.9. The molecule has 0 saturated carbocycles. The SMILES string of the molecule is Cc1ccsc1CN1CCC(Nc2ccccc2)(C(=O)N(C)C)CC1. The number of likely N-dealkylation sites (N-methyl/N-ethyl adjacent to an activating group) is 1. The highest BCUT2D eigenvalue weighted by Gasteiger charge is 2.42. The largest absolute Gasteiger partial charge is 0.371 e. The van der Waals surface area contributed by atoms with Gasteiger partial charge in [0, 0.05) is 44.3 Å². The third-order valence-electron chi connectivity index (χ3n) is 5.02. The molecule has 1 aromatic carbocycles. The summed E-state index contributed by atoms with van der Waals surface area (Å²) in [4.78, 5) is 18.6. The standard InChI is InChI=1S/C20H27N3OS/c1-16-9-14-25-18(16)15-23-12-10-20(11-13-23,19(24)22(2)3)21-17-7-5-4-6-8-17/h4-9,14,21H,10-13,15H2,1-3H3. The summed E-state index contributed by atoms with van der Waals surface area (Å²) >= 11 is 1.82. The van der Waals surface area contributed by atoms with Crippen molar-refractivity contribution in [1.29, 1.82) is 0 Å². The third kappa shape index (κ3) is 4.05. The molecule has 3 rings (SSSR count). The van der Waals surface area contributed by atoms with E-state index in [2.05, 4.69) is 28.6 Å². The monoisotopic (exact) mass is 357 g/mol. The summed E-state index contributed by atoms with van der Waals surface area (Å²) in [6.45, 7) is 5.02. The number of hydrogen-bond donors (Lipinski definition) is 1. The first-order valence-electron chi connectivity index (χ1n) is 8.80. The van der Waals surface area contributed by atoms with Crippen molar-refractivity contribution in [3.63, 3.8) is 0 Å². The molecule has 5 heteroatoms. The molecule has 1 aromatic heterocycles. The normalized spacial score (nSPS) is 17.2. The quantitative estimate of drug-likeness (QED) is 0.888. The number of rotatable bonds is 5. The number of carbonyl (C=O) groups is 1. The molecule has 1 saturated heterocycles. The first-order valence-corrected chi connectivity index (χ1v) is 9.68. The zero-order valence-electron chi connectivity index (χ0n) is 15.3. The van der Waals surface area contributed by atoms with Crippen molar-refractivity contribution in [1.82, 2.24) is 9.80 Å². The van der Waals surface area contributed by atoms with Crippen molar-refractivity contribution in [3.8, 4) is 0 Å². The number of nitrogens with one attached hydrogen (secondary N) is 1. The molecule has 1 aliphatic heterocycles. The molecular formula is C20H27N3OS. The topological polar surface area (TPSA) is 35.6 Å². The fourth-order valence-corrected chi connectivity index (χ4v) is 4.43. The molecule has 1 N–H and O–H groups in total. The van der Waals surface area contributed by atoms with E-state index in [-0.39, 0.29) is 5.91 Å². The fourth-order valence-electron chi connectivity index (χ4n) is 3.48. The summed E-state index contributed by atoms with van der Waals surface area (Å²) < 4.78 is 0. The van der Waals surface area contributed by atoms with Gasteiger partial charge in [0.05, 0.1) is 0 Å². The second-order valence-electron chi connectivity index (χ2n) is 7.08. The molecule has 25 heavy (non-hydrogen) atoms. The highest BCUT2D eigenvalue weighted by atomic mass is 32.1. The number of carbonyl (C=O) groups excluding carboxylic acids is 1. The summed E-state index contributed by atoms with van der Waals surface area (Å²) in [7, 11) is 3.69. The minimum Gasteiger partial charge on any atom is -0.371 e. The van der Waals surface area contributed by atoms with E-state index in [1.165, 1.54) is 10.4 Å². The van der Waals surface area contributed by atoms with Gasteiger partial charge in [0.1, 0.15) is 5.54 Å². The van der Waals surface area contributed by atoms with Gasteiger partial charge in [-0.2, -0.15) is 0 Å². The lowest BCUT2D eigenvalue weighted by Gasteiger charge is -2.43. The second kappa shape index (κ2) is 7.58. The lowest BCUT2D eigenvalue weighted by Crippen LogP contribution is -2.57. The Labute approximate surface area is 154 Å². The number of thiophene rings is 1. The Morgan fingerprint density at radius 1 is 1.20 bits per heavy atom. The van der Waals surface area contributed by atoms with Gasteiger partial charge in [0.25, 0.3) is 0 Å². The Morgan fingerprint density at radius 3 is 2.44 bits per heavy atom. The van der Waals surface area contributed by atoms with Gasteiger partial charge in [-0.25, -0.2) is 0 Å². The fraction of sp³-hybridized carbons (Fsp3) is 0.450. The third-order valence-corrected chi connectivity index (χ3v) is 6.03. The van der Waals surface area contributed by atoms with E-state index in [1.54, 1.807) is 4.90 Å². The molecule has 1 amide bonds. The Bertz CT molecular complexity index is 703. The highest BCUT2D eigenvalue weighted by Crippen LogP contribution is 2.30. The molecule has 134 valence electrons. The van der Waals surface area contributed by atoms with Crippen molar-refractivity contribution in [2.24, 2.45) is 0 Å². The Kier molecular flexibility index (Phi) is 5.45. The molecule has 0 aliphatic carbocycles. The maximum absolute atomic E-state index is 12.9. The summed E-state index contributed by atoms with van der Waals surface area (Å²) in [6.07, 6.45) is 1.65. The predicted molar refractivity (Wildman–Crippen MR) is 105 cm³/mol. The van der Waals surface area contributed by atoms with Crippen molar-refractivity contribution >= 4 is 22.9 Å². The summed E-state index contributed by atoms with van der Waals surface area (Å²) in [5.74, 6) is 0.170. The molecule has 0 unspecified atom stereocenters. The van der Waals surface area contributed by atoms with Crippen LogP contribution in [0.15, 0.2) is 41.8 Å². The average Bonchev–Trinajstić information content (AvgIpc) is 3.02. The minimum atomic E-state index is -0.508.